The fourth-order valence-corrected chi connectivity index (χ4v) is 4.17. The van der Waals surface area contributed by atoms with Gasteiger partial charge in [0, 0.05) is 56.9 Å². The van der Waals surface area contributed by atoms with Crippen molar-refractivity contribution in [1.29, 1.82) is 0 Å². The Labute approximate surface area is 160 Å². The highest BCUT2D eigenvalue weighted by atomic mass is 35.5. The number of hydrogen-bond acceptors (Lipinski definition) is 3. The van der Waals surface area contributed by atoms with Crippen LogP contribution in [0.1, 0.15) is 33.1 Å². The van der Waals surface area contributed by atoms with E-state index in [1.165, 1.54) is 6.07 Å². The number of halogens is 2. The molecule has 0 spiro atoms. The van der Waals surface area contributed by atoms with Crippen LogP contribution in [0.15, 0.2) is 18.2 Å². The topological polar surface area (TPSA) is 26.8 Å². The lowest BCUT2D eigenvalue weighted by Crippen LogP contribution is -2.44. The van der Waals surface area contributed by atoms with Crippen molar-refractivity contribution in [3.05, 3.63) is 29.0 Å². The van der Waals surface area contributed by atoms with Gasteiger partial charge in [-0.25, -0.2) is 4.39 Å². The number of piperidine rings is 1. The van der Waals surface area contributed by atoms with Crippen LogP contribution in [0.4, 0.5) is 10.1 Å². The van der Waals surface area contributed by atoms with Crippen LogP contribution in [-0.2, 0) is 4.79 Å². The van der Waals surface area contributed by atoms with Crippen LogP contribution in [0, 0.1) is 11.7 Å². The van der Waals surface area contributed by atoms with E-state index in [0.717, 1.165) is 64.2 Å². The maximum absolute atomic E-state index is 13.3. The Kier molecular flexibility index (Phi) is 6.41. The molecule has 0 atom stereocenters. The van der Waals surface area contributed by atoms with Gasteiger partial charge in [0.2, 0.25) is 5.91 Å². The maximum atomic E-state index is 13.3. The van der Waals surface area contributed by atoms with Crippen molar-refractivity contribution in [1.82, 2.24) is 9.80 Å². The molecule has 0 aromatic heterocycles. The Morgan fingerprint density at radius 2 is 1.85 bits per heavy atom. The Balaban J connectivity index is 1.54. The molecule has 1 aromatic rings. The molecule has 2 aliphatic rings. The first-order valence-corrected chi connectivity index (χ1v) is 10.1. The summed E-state index contributed by atoms with van der Waals surface area (Å²) in [6.07, 6.45) is 2.74. The zero-order valence-electron chi connectivity index (χ0n) is 15.8. The highest BCUT2D eigenvalue weighted by Gasteiger charge is 2.30. The number of rotatable bonds is 3. The largest absolute Gasteiger partial charge is 0.371 e. The van der Waals surface area contributed by atoms with Gasteiger partial charge >= 0.3 is 0 Å². The monoisotopic (exact) mass is 381 g/mol. The molecular weight excluding hydrogens is 353 g/mol. The quantitative estimate of drug-likeness (QED) is 0.799. The summed E-state index contributed by atoms with van der Waals surface area (Å²) in [4.78, 5) is 19.7. The lowest BCUT2D eigenvalue weighted by molar-refractivity contribution is -0.136. The van der Waals surface area contributed by atoms with E-state index in [0.29, 0.717) is 11.9 Å². The summed E-state index contributed by atoms with van der Waals surface area (Å²) in [5.74, 6) is 0.0252. The predicted octanol–water partition coefficient (Wildman–Crippen LogP) is 3.64. The lowest BCUT2D eigenvalue weighted by Gasteiger charge is -2.35. The van der Waals surface area contributed by atoms with Crippen molar-refractivity contribution in [3.63, 3.8) is 0 Å². The fourth-order valence-electron chi connectivity index (χ4n) is 4.00. The first kappa shape index (κ1) is 19.4. The third kappa shape index (κ3) is 4.49. The Bertz CT molecular complexity index is 631. The van der Waals surface area contributed by atoms with Gasteiger partial charge in [0.25, 0.3) is 0 Å². The van der Waals surface area contributed by atoms with E-state index in [9.17, 15) is 9.18 Å². The predicted molar refractivity (Wildman–Crippen MR) is 104 cm³/mol. The number of anilines is 1. The van der Waals surface area contributed by atoms with E-state index in [1.807, 2.05) is 0 Å². The molecule has 2 fully saturated rings. The SMILES string of the molecule is CC(C)N1CCCN(C(=O)C2CCN(c3ccc(F)c(Cl)c3)CC2)CC1. The van der Waals surface area contributed by atoms with Gasteiger partial charge in [-0.1, -0.05) is 11.6 Å². The van der Waals surface area contributed by atoms with E-state index in [2.05, 4.69) is 28.5 Å². The molecule has 3 rings (SSSR count). The Hall–Kier alpha value is -1.33. The number of amides is 1. The number of benzene rings is 1. The first-order valence-electron chi connectivity index (χ1n) is 9.68. The van der Waals surface area contributed by atoms with Crippen LogP contribution in [0.5, 0.6) is 0 Å². The van der Waals surface area contributed by atoms with Gasteiger partial charge in [-0.2, -0.15) is 0 Å². The van der Waals surface area contributed by atoms with Crippen molar-refractivity contribution in [2.24, 2.45) is 5.92 Å². The van der Waals surface area contributed by atoms with Crippen LogP contribution in [0.25, 0.3) is 0 Å². The molecule has 26 heavy (non-hydrogen) atoms. The third-order valence-electron chi connectivity index (χ3n) is 5.68. The average Bonchev–Trinajstić information content (AvgIpc) is 2.90. The summed E-state index contributed by atoms with van der Waals surface area (Å²) in [6.45, 7) is 9.81. The molecule has 1 amide bonds. The van der Waals surface area contributed by atoms with Crippen LogP contribution in [0.2, 0.25) is 5.02 Å². The molecule has 0 saturated carbocycles. The van der Waals surface area contributed by atoms with Gasteiger partial charge in [0.1, 0.15) is 5.82 Å². The number of hydrogen-bond donors (Lipinski definition) is 0. The molecule has 2 aliphatic heterocycles. The first-order chi connectivity index (χ1) is 12.5. The van der Waals surface area contributed by atoms with Crippen molar-refractivity contribution in [2.75, 3.05) is 44.2 Å². The van der Waals surface area contributed by atoms with Crippen LogP contribution in [0.3, 0.4) is 0 Å². The molecule has 0 bridgehead atoms. The highest BCUT2D eigenvalue weighted by molar-refractivity contribution is 6.31. The van der Waals surface area contributed by atoms with Crippen LogP contribution < -0.4 is 4.90 Å². The summed E-state index contributed by atoms with van der Waals surface area (Å²) < 4.78 is 13.3. The van der Waals surface area contributed by atoms with Gasteiger partial charge in [0.05, 0.1) is 5.02 Å². The van der Waals surface area contributed by atoms with E-state index in [4.69, 9.17) is 11.6 Å². The van der Waals surface area contributed by atoms with Gasteiger partial charge in [-0.15, -0.1) is 0 Å². The minimum Gasteiger partial charge on any atom is -0.371 e. The standard InChI is InChI=1S/C20H29ClFN3O/c1-15(2)23-8-3-9-25(13-12-23)20(26)16-6-10-24(11-7-16)17-4-5-19(22)18(21)14-17/h4-5,14-16H,3,6-13H2,1-2H3. The second-order valence-electron chi connectivity index (χ2n) is 7.67. The number of nitrogens with zero attached hydrogens (tertiary/aromatic N) is 3. The summed E-state index contributed by atoms with van der Waals surface area (Å²) in [5.41, 5.74) is 0.935. The molecule has 144 valence electrons. The zero-order chi connectivity index (χ0) is 18.7. The lowest BCUT2D eigenvalue weighted by atomic mass is 9.94. The molecule has 1 aromatic carbocycles. The molecule has 0 unspecified atom stereocenters. The minimum atomic E-state index is -0.392. The second kappa shape index (κ2) is 8.57. The van der Waals surface area contributed by atoms with Gasteiger partial charge in [-0.05, 0) is 51.3 Å². The van der Waals surface area contributed by atoms with Crippen LogP contribution in [-0.4, -0.2) is 61.0 Å². The molecule has 0 N–H and O–H groups in total. The van der Waals surface area contributed by atoms with Gasteiger partial charge < -0.3 is 9.80 Å². The van der Waals surface area contributed by atoms with Crippen molar-refractivity contribution >= 4 is 23.2 Å². The van der Waals surface area contributed by atoms with E-state index >= 15 is 0 Å². The summed E-state index contributed by atoms with van der Waals surface area (Å²) in [7, 11) is 0. The van der Waals surface area contributed by atoms with E-state index in [-0.39, 0.29) is 10.9 Å². The molecule has 0 radical (unpaired) electrons. The molecule has 4 nitrogen and oxygen atoms in total. The average molecular weight is 382 g/mol. The maximum Gasteiger partial charge on any atom is 0.225 e. The number of carbonyl (C=O) groups is 1. The summed E-state index contributed by atoms with van der Waals surface area (Å²) >= 11 is 5.90. The Morgan fingerprint density at radius 1 is 1.12 bits per heavy atom. The van der Waals surface area contributed by atoms with E-state index in [1.54, 1.807) is 12.1 Å². The van der Waals surface area contributed by atoms with Gasteiger partial charge in [0.15, 0.2) is 0 Å². The molecule has 6 heteroatoms. The summed E-state index contributed by atoms with van der Waals surface area (Å²) in [6, 6.07) is 5.38. The molecular formula is C20H29ClFN3O. The smallest absolute Gasteiger partial charge is 0.225 e. The van der Waals surface area contributed by atoms with E-state index < -0.39 is 5.82 Å². The van der Waals surface area contributed by atoms with Crippen LogP contribution >= 0.6 is 11.6 Å². The normalized spacial score (nSPS) is 20.5. The summed E-state index contributed by atoms with van der Waals surface area (Å²) in [5, 5.41) is 0.153. The fraction of sp³-hybridized carbons (Fsp3) is 0.650. The second-order valence-corrected chi connectivity index (χ2v) is 8.08. The van der Waals surface area contributed by atoms with Crippen molar-refractivity contribution in [3.8, 4) is 0 Å². The van der Waals surface area contributed by atoms with Gasteiger partial charge in [-0.3, -0.25) is 9.69 Å². The molecule has 0 aliphatic carbocycles. The minimum absolute atomic E-state index is 0.104. The third-order valence-corrected chi connectivity index (χ3v) is 5.97. The van der Waals surface area contributed by atoms with Crippen molar-refractivity contribution < 1.29 is 9.18 Å². The highest BCUT2D eigenvalue weighted by Crippen LogP contribution is 2.28. The molecule has 2 heterocycles. The zero-order valence-corrected chi connectivity index (χ0v) is 16.5. The van der Waals surface area contributed by atoms with Crippen molar-refractivity contribution in [2.45, 2.75) is 39.2 Å². The molecule has 2 saturated heterocycles. The Morgan fingerprint density at radius 3 is 2.50 bits per heavy atom. The number of carbonyl (C=O) groups excluding carboxylic acids is 1.